The van der Waals surface area contributed by atoms with Gasteiger partial charge in [-0.05, 0) is 18.4 Å². The molecule has 1 aliphatic rings. The zero-order valence-electron chi connectivity index (χ0n) is 19.5. The molecule has 9 nitrogen and oxygen atoms in total. The van der Waals surface area contributed by atoms with Gasteiger partial charge >= 0.3 is 5.97 Å². The van der Waals surface area contributed by atoms with E-state index in [0.717, 1.165) is 6.42 Å². The Balaban J connectivity index is 1.53. The van der Waals surface area contributed by atoms with Crippen LogP contribution in [-0.4, -0.2) is 48.1 Å². The van der Waals surface area contributed by atoms with E-state index in [9.17, 15) is 19.6 Å². The number of ether oxygens (including phenoxy) is 2. The lowest BCUT2D eigenvalue weighted by molar-refractivity contribution is -0.605. The summed E-state index contributed by atoms with van der Waals surface area (Å²) >= 11 is 0. The minimum absolute atomic E-state index is 0.198. The monoisotopic (exact) mass is 477 g/mol. The smallest absolute Gasteiger partial charge is 0.343 e. The number of rotatable bonds is 7. The molecule has 4 rings (SSSR count). The predicted octanol–water partition coefficient (Wildman–Crippen LogP) is 1.98. The Morgan fingerprint density at radius 3 is 2.51 bits per heavy atom. The van der Waals surface area contributed by atoms with Crippen LogP contribution in [0.25, 0.3) is 0 Å². The van der Waals surface area contributed by atoms with Gasteiger partial charge in [-0.25, -0.2) is 4.79 Å². The molecule has 0 saturated carbocycles. The summed E-state index contributed by atoms with van der Waals surface area (Å²) < 4.78 is 13.0. The first kappa shape index (κ1) is 24.0. The second kappa shape index (κ2) is 10.9. The molecule has 1 aromatic carbocycles. The fourth-order valence-corrected chi connectivity index (χ4v) is 4.23. The normalized spacial score (nSPS) is 13.0. The van der Waals surface area contributed by atoms with Crippen molar-refractivity contribution in [3.05, 3.63) is 98.9 Å². The van der Waals surface area contributed by atoms with E-state index in [1.54, 1.807) is 4.90 Å². The highest BCUT2D eigenvalue weighted by Crippen LogP contribution is 2.24. The predicted molar refractivity (Wildman–Crippen MR) is 127 cm³/mol. The number of aromatic nitrogens is 2. The van der Waals surface area contributed by atoms with Crippen molar-refractivity contribution in [3.63, 3.8) is 0 Å². The van der Waals surface area contributed by atoms with E-state index in [4.69, 9.17) is 9.47 Å². The number of carbonyl (C=O) groups excluding carboxylic acids is 2. The minimum atomic E-state index is -0.588. The van der Waals surface area contributed by atoms with Crippen molar-refractivity contribution < 1.29 is 23.8 Å². The fourth-order valence-electron chi connectivity index (χ4n) is 4.23. The highest BCUT2D eigenvalue weighted by Gasteiger charge is 2.28. The summed E-state index contributed by atoms with van der Waals surface area (Å²) in [5, 5.41) is 11.3. The second-order valence-electron chi connectivity index (χ2n) is 8.24. The Kier molecular flexibility index (Phi) is 7.45. The van der Waals surface area contributed by atoms with Gasteiger partial charge in [0, 0.05) is 49.9 Å². The number of hydrogen-bond donors (Lipinski definition) is 0. The number of carbonyl (C=O) groups is 2. The molecule has 0 fully saturated rings. The number of aryl methyl sites for hydroxylation is 1. The van der Waals surface area contributed by atoms with Crippen molar-refractivity contribution in [2.75, 3.05) is 26.8 Å². The Morgan fingerprint density at radius 1 is 1.06 bits per heavy atom. The van der Waals surface area contributed by atoms with Crippen molar-refractivity contribution >= 4 is 11.9 Å². The first-order chi connectivity index (χ1) is 17.0. The standard InChI is InChI=1S/C26H27N3O6/c1-34-26(32)24-21-11-12-27(25(31)20-9-13-28(33)14-10-20)15-16-29(21)23(30)18-22(24)35-17-5-8-19-6-3-2-4-7-19/h2-4,6-7,9-10,13-14,18H,5,8,11-12,15-17H2,1H3. The second-order valence-corrected chi connectivity index (χ2v) is 8.24. The molecule has 3 heterocycles. The van der Waals surface area contributed by atoms with Crippen LogP contribution in [0.2, 0.25) is 0 Å². The summed E-state index contributed by atoms with van der Waals surface area (Å²) in [7, 11) is 1.29. The summed E-state index contributed by atoms with van der Waals surface area (Å²) in [6.45, 7) is 1.15. The number of fused-ring (bicyclic) bond motifs is 1. The number of hydrogen-bond acceptors (Lipinski definition) is 6. The molecule has 0 spiro atoms. The lowest BCUT2D eigenvalue weighted by Crippen LogP contribution is -2.35. The molecule has 0 saturated heterocycles. The van der Waals surface area contributed by atoms with Crippen LogP contribution >= 0.6 is 0 Å². The molecule has 1 aliphatic heterocycles. The molecule has 0 unspecified atom stereocenters. The van der Waals surface area contributed by atoms with Gasteiger partial charge in [-0.2, -0.15) is 4.73 Å². The molecule has 1 amide bonds. The van der Waals surface area contributed by atoms with Gasteiger partial charge in [0.1, 0.15) is 11.3 Å². The number of benzene rings is 1. The van der Waals surface area contributed by atoms with Gasteiger partial charge in [0.25, 0.3) is 11.5 Å². The third kappa shape index (κ3) is 5.51. The lowest BCUT2D eigenvalue weighted by Gasteiger charge is -2.19. The number of amides is 1. The van der Waals surface area contributed by atoms with Crippen molar-refractivity contribution in [1.29, 1.82) is 0 Å². The van der Waals surface area contributed by atoms with Gasteiger partial charge in [0.15, 0.2) is 12.4 Å². The molecule has 2 aromatic heterocycles. The minimum Gasteiger partial charge on any atom is -0.619 e. The highest BCUT2D eigenvalue weighted by molar-refractivity contribution is 5.95. The molecule has 182 valence electrons. The first-order valence-corrected chi connectivity index (χ1v) is 11.5. The Morgan fingerprint density at radius 2 is 1.80 bits per heavy atom. The van der Waals surface area contributed by atoms with Crippen LogP contribution in [0.15, 0.2) is 65.7 Å². The van der Waals surface area contributed by atoms with Crippen LogP contribution in [0.3, 0.4) is 0 Å². The number of methoxy groups -OCH3 is 1. The average molecular weight is 478 g/mol. The Labute approximate surface area is 202 Å². The summed E-state index contributed by atoms with van der Waals surface area (Å²) in [6.07, 6.45) is 4.33. The average Bonchev–Trinajstić information content (AvgIpc) is 3.11. The molecule has 9 heteroatoms. The molecule has 3 aromatic rings. The van der Waals surface area contributed by atoms with Crippen LogP contribution < -0.4 is 15.0 Å². The maximum Gasteiger partial charge on any atom is 0.343 e. The topological polar surface area (TPSA) is 105 Å². The third-order valence-electron chi connectivity index (χ3n) is 6.03. The van der Waals surface area contributed by atoms with Gasteiger partial charge in [0.05, 0.1) is 19.3 Å². The van der Waals surface area contributed by atoms with E-state index in [-0.39, 0.29) is 42.3 Å². The van der Waals surface area contributed by atoms with E-state index >= 15 is 0 Å². The first-order valence-electron chi connectivity index (χ1n) is 11.5. The zero-order valence-corrected chi connectivity index (χ0v) is 19.5. The summed E-state index contributed by atoms with van der Waals surface area (Å²) in [5.41, 5.74) is 1.97. The quantitative estimate of drug-likeness (QED) is 0.223. The maximum atomic E-state index is 12.9. The molecule has 0 aliphatic carbocycles. The van der Waals surface area contributed by atoms with E-state index in [1.165, 1.54) is 47.8 Å². The van der Waals surface area contributed by atoms with Gasteiger partial charge in [0.2, 0.25) is 0 Å². The van der Waals surface area contributed by atoms with Crippen LogP contribution in [-0.2, 0) is 24.1 Å². The van der Waals surface area contributed by atoms with Gasteiger partial charge in [-0.3, -0.25) is 9.59 Å². The van der Waals surface area contributed by atoms with Crippen LogP contribution in [0.4, 0.5) is 0 Å². The van der Waals surface area contributed by atoms with Crippen molar-refractivity contribution in [1.82, 2.24) is 9.47 Å². The fraction of sp³-hybridized carbons (Fsp3) is 0.308. The zero-order chi connectivity index (χ0) is 24.8. The van der Waals surface area contributed by atoms with E-state index in [2.05, 4.69) is 0 Å². The third-order valence-corrected chi connectivity index (χ3v) is 6.03. The van der Waals surface area contributed by atoms with Crippen LogP contribution in [0.1, 0.15) is 38.4 Å². The van der Waals surface area contributed by atoms with E-state index < -0.39 is 5.97 Å². The van der Waals surface area contributed by atoms with Crippen LogP contribution in [0.5, 0.6) is 5.75 Å². The number of esters is 1. The van der Waals surface area contributed by atoms with Crippen molar-refractivity contribution in [2.45, 2.75) is 25.8 Å². The molecule has 35 heavy (non-hydrogen) atoms. The van der Waals surface area contributed by atoms with E-state index in [1.807, 2.05) is 30.3 Å². The molecular weight excluding hydrogens is 450 g/mol. The number of nitrogens with zero attached hydrogens (tertiary/aromatic N) is 3. The van der Waals surface area contributed by atoms with Gasteiger partial charge in [-0.15, -0.1) is 0 Å². The number of pyridine rings is 2. The van der Waals surface area contributed by atoms with Crippen molar-refractivity contribution in [3.8, 4) is 5.75 Å². The lowest BCUT2D eigenvalue weighted by atomic mass is 10.1. The van der Waals surface area contributed by atoms with Gasteiger partial charge < -0.3 is 24.1 Å². The van der Waals surface area contributed by atoms with E-state index in [0.29, 0.717) is 35.6 Å². The van der Waals surface area contributed by atoms with Gasteiger partial charge in [-0.1, -0.05) is 30.3 Å². The summed E-state index contributed by atoms with van der Waals surface area (Å²) in [6, 6.07) is 14.2. The Bertz CT molecular complexity index is 1250. The summed E-state index contributed by atoms with van der Waals surface area (Å²) in [5.74, 6) is -0.637. The SMILES string of the molecule is COC(=O)c1c(OCCCc2ccccc2)cc(=O)n2c1CCN(C(=O)c1cc[n+]([O-])cc1)CC2. The molecule has 0 N–H and O–H groups in total. The summed E-state index contributed by atoms with van der Waals surface area (Å²) in [4.78, 5) is 40.2. The molecule has 0 atom stereocenters. The largest absolute Gasteiger partial charge is 0.619 e. The highest BCUT2D eigenvalue weighted by atomic mass is 16.5. The molecule has 0 radical (unpaired) electrons. The Hall–Kier alpha value is -4.14. The molecular formula is C26H27N3O6. The maximum absolute atomic E-state index is 12.9. The molecule has 0 bridgehead atoms. The van der Waals surface area contributed by atoms with Crippen LogP contribution in [0, 0.1) is 5.21 Å². The van der Waals surface area contributed by atoms with Crippen molar-refractivity contribution in [2.24, 2.45) is 0 Å².